The van der Waals surface area contributed by atoms with Gasteiger partial charge in [0.15, 0.2) is 0 Å². The van der Waals surface area contributed by atoms with E-state index in [0.29, 0.717) is 0 Å². The number of hydrogen-bond donors (Lipinski definition) is 0. The fourth-order valence-electron chi connectivity index (χ4n) is 3.53. The molecule has 2 rings (SSSR count). The summed E-state index contributed by atoms with van der Waals surface area (Å²) in [6.07, 6.45) is 5.23. The molecule has 0 heterocycles. The normalized spacial score (nSPS) is 11.0. The zero-order valence-electron chi connectivity index (χ0n) is 15.4. The van der Waals surface area contributed by atoms with Crippen LogP contribution >= 0.6 is 0 Å². The molecule has 0 nitrogen and oxygen atoms in total. The van der Waals surface area contributed by atoms with Crippen LogP contribution in [-0.4, -0.2) is 0 Å². The van der Waals surface area contributed by atoms with E-state index in [-0.39, 0.29) is 0 Å². The lowest BCUT2D eigenvalue weighted by molar-refractivity contribution is 0.807. The van der Waals surface area contributed by atoms with Gasteiger partial charge in [-0.2, -0.15) is 0 Å². The summed E-state index contributed by atoms with van der Waals surface area (Å²) in [5.74, 6) is 0. The smallest absolute Gasteiger partial charge is 0.0270 e. The summed E-state index contributed by atoms with van der Waals surface area (Å²) in [5.41, 5.74) is 11.5. The minimum atomic E-state index is 0.727. The number of benzene rings is 2. The zero-order valence-corrected chi connectivity index (χ0v) is 15.4. The average Bonchev–Trinajstić information content (AvgIpc) is 2.48. The second kappa shape index (κ2) is 7.81. The molecule has 0 bridgehead atoms. The van der Waals surface area contributed by atoms with Crippen LogP contribution in [0.5, 0.6) is 0 Å². The molecule has 0 aliphatic rings. The molecule has 2 aromatic carbocycles. The zero-order chi connectivity index (χ0) is 17.0. The van der Waals surface area contributed by atoms with Gasteiger partial charge in [0.1, 0.15) is 0 Å². The van der Waals surface area contributed by atoms with E-state index < -0.39 is 0 Å². The summed E-state index contributed by atoms with van der Waals surface area (Å²) >= 11 is 0. The lowest BCUT2D eigenvalue weighted by Crippen LogP contribution is -1.99. The van der Waals surface area contributed by atoms with Crippen molar-refractivity contribution in [2.24, 2.45) is 0 Å². The maximum Gasteiger partial charge on any atom is -0.0270 e. The Labute approximate surface area is 143 Å². The van der Waals surface area contributed by atoms with E-state index in [9.17, 15) is 0 Å². The van der Waals surface area contributed by atoms with Crippen molar-refractivity contribution < 1.29 is 0 Å². The molecule has 0 unspecified atom stereocenters. The first kappa shape index (κ1) is 17.8. The highest BCUT2D eigenvalue weighted by atomic mass is 14.1. The largest absolute Gasteiger partial charge is 0.0558 e. The van der Waals surface area contributed by atoms with E-state index in [4.69, 9.17) is 6.92 Å². The molecule has 0 fully saturated rings. The van der Waals surface area contributed by atoms with Crippen molar-refractivity contribution >= 4 is 0 Å². The summed E-state index contributed by atoms with van der Waals surface area (Å²) in [5, 5.41) is 0. The van der Waals surface area contributed by atoms with Crippen LogP contribution in [0.4, 0.5) is 0 Å². The first-order valence-electron chi connectivity index (χ1n) is 8.78. The predicted molar refractivity (Wildman–Crippen MR) is 101 cm³/mol. The van der Waals surface area contributed by atoms with E-state index in [0.717, 1.165) is 25.7 Å². The minimum Gasteiger partial charge on any atom is -0.0558 e. The second-order valence-electron chi connectivity index (χ2n) is 6.96. The quantitative estimate of drug-likeness (QED) is 0.609. The summed E-state index contributed by atoms with van der Waals surface area (Å²) in [4.78, 5) is 0. The Bertz CT molecular complexity index is 630. The number of aryl methyl sites for hydroxylation is 6. The van der Waals surface area contributed by atoms with Gasteiger partial charge in [0.05, 0.1) is 0 Å². The summed E-state index contributed by atoms with van der Waals surface area (Å²) < 4.78 is 0. The number of hydrogen-bond acceptors (Lipinski definition) is 0. The van der Waals surface area contributed by atoms with Gasteiger partial charge in [0.2, 0.25) is 0 Å². The first-order valence-corrected chi connectivity index (χ1v) is 8.78. The van der Waals surface area contributed by atoms with Gasteiger partial charge in [-0.15, -0.1) is 0 Å². The van der Waals surface area contributed by atoms with Crippen molar-refractivity contribution in [2.45, 2.75) is 66.7 Å². The van der Waals surface area contributed by atoms with Gasteiger partial charge < -0.3 is 0 Å². The van der Waals surface area contributed by atoms with Gasteiger partial charge >= 0.3 is 0 Å². The van der Waals surface area contributed by atoms with Crippen molar-refractivity contribution in [3.63, 3.8) is 0 Å². The van der Waals surface area contributed by atoms with Crippen molar-refractivity contribution in [1.29, 1.82) is 0 Å². The topological polar surface area (TPSA) is 0 Å². The Morgan fingerprint density at radius 3 is 1.65 bits per heavy atom. The summed E-state index contributed by atoms with van der Waals surface area (Å²) in [7, 11) is 0. The van der Waals surface area contributed by atoms with Crippen LogP contribution in [-0.2, 0) is 19.3 Å². The van der Waals surface area contributed by atoms with Crippen molar-refractivity contribution in [3.05, 3.63) is 75.7 Å². The van der Waals surface area contributed by atoms with Crippen molar-refractivity contribution in [1.82, 2.24) is 0 Å². The standard InChI is InChI=1S/C23H30/c1-7-9-21-14-18(4)23(19(5)15-21)11-8-10-22-12-16(2)20(6)17(3)13-22/h1,12-15H,7-11H2,2-6H3. The molecule has 0 aromatic heterocycles. The van der Waals surface area contributed by atoms with Gasteiger partial charge in [-0.05, 0) is 118 Å². The molecule has 122 valence electrons. The lowest BCUT2D eigenvalue weighted by atomic mass is 9.92. The molecule has 0 saturated heterocycles. The average molecular weight is 306 g/mol. The maximum atomic E-state index is 5.68. The Hall–Kier alpha value is -1.56. The molecule has 0 saturated carbocycles. The van der Waals surface area contributed by atoms with E-state index in [1.165, 1.54) is 50.9 Å². The summed E-state index contributed by atoms with van der Waals surface area (Å²) in [6.45, 7) is 16.8. The van der Waals surface area contributed by atoms with Crippen LogP contribution in [0.1, 0.15) is 57.3 Å². The van der Waals surface area contributed by atoms with Crippen LogP contribution in [0.25, 0.3) is 0 Å². The minimum absolute atomic E-state index is 0.727. The van der Waals surface area contributed by atoms with E-state index in [2.05, 4.69) is 58.9 Å². The Morgan fingerprint density at radius 1 is 0.652 bits per heavy atom. The van der Waals surface area contributed by atoms with Crippen molar-refractivity contribution in [3.8, 4) is 0 Å². The van der Waals surface area contributed by atoms with Crippen LogP contribution in [0.15, 0.2) is 24.3 Å². The molecule has 0 spiro atoms. The Kier molecular flexibility index (Phi) is 6.04. The van der Waals surface area contributed by atoms with Crippen LogP contribution in [0.3, 0.4) is 0 Å². The SMILES string of the molecule is [CH]CCc1cc(C)c(CCCc2cc(C)c(C)c(C)c2)c(C)c1. The monoisotopic (exact) mass is 306 g/mol. The lowest BCUT2D eigenvalue weighted by Gasteiger charge is -2.13. The van der Waals surface area contributed by atoms with Gasteiger partial charge in [-0.1, -0.05) is 24.3 Å². The molecule has 0 heteroatoms. The summed E-state index contributed by atoms with van der Waals surface area (Å²) in [6, 6.07) is 9.34. The van der Waals surface area contributed by atoms with Crippen LogP contribution in [0.2, 0.25) is 0 Å². The Morgan fingerprint density at radius 2 is 1.13 bits per heavy atom. The molecule has 23 heavy (non-hydrogen) atoms. The highest BCUT2D eigenvalue weighted by molar-refractivity contribution is 5.39. The molecule has 0 amide bonds. The van der Waals surface area contributed by atoms with E-state index in [1.807, 2.05) is 0 Å². The molecule has 2 aromatic rings. The number of rotatable bonds is 6. The molecular formula is C23H30. The van der Waals surface area contributed by atoms with E-state index in [1.54, 1.807) is 0 Å². The fourth-order valence-corrected chi connectivity index (χ4v) is 3.53. The molecule has 0 aliphatic heterocycles. The van der Waals surface area contributed by atoms with Gasteiger partial charge in [-0.25, -0.2) is 0 Å². The third-order valence-electron chi connectivity index (χ3n) is 5.07. The van der Waals surface area contributed by atoms with Gasteiger partial charge in [0, 0.05) is 0 Å². The highest BCUT2D eigenvalue weighted by Gasteiger charge is 2.06. The molecular weight excluding hydrogens is 276 g/mol. The highest BCUT2D eigenvalue weighted by Crippen LogP contribution is 2.21. The second-order valence-corrected chi connectivity index (χ2v) is 6.96. The van der Waals surface area contributed by atoms with Crippen molar-refractivity contribution in [2.75, 3.05) is 0 Å². The fraction of sp³-hybridized carbons (Fsp3) is 0.435. The van der Waals surface area contributed by atoms with Gasteiger partial charge in [0.25, 0.3) is 0 Å². The predicted octanol–water partition coefficient (Wildman–Crippen LogP) is 6.05. The third-order valence-corrected chi connectivity index (χ3v) is 5.07. The Balaban J connectivity index is 2.04. The third kappa shape index (κ3) is 4.47. The van der Waals surface area contributed by atoms with Gasteiger partial charge in [-0.3, -0.25) is 0 Å². The van der Waals surface area contributed by atoms with E-state index >= 15 is 0 Å². The van der Waals surface area contributed by atoms with Crippen LogP contribution in [0, 0.1) is 41.5 Å². The maximum absolute atomic E-state index is 5.68. The van der Waals surface area contributed by atoms with Crippen LogP contribution < -0.4 is 0 Å². The molecule has 0 aliphatic carbocycles. The molecule has 0 atom stereocenters. The molecule has 0 N–H and O–H groups in total. The first-order chi connectivity index (χ1) is 10.9. The molecule has 2 radical (unpaired) electrons.